The molecule has 70 valence electrons. The van der Waals surface area contributed by atoms with E-state index in [0.717, 1.165) is 13.0 Å². The molecule has 0 spiro atoms. The van der Waals surface area contributed by atoms with Crippen LogP contribution < -0.4 is 5.73 Å². The van der Waals surface area contributed by atoms with E-state index < -0.39 is 0 Å². The van der Waals surface area contributed by atoms with Crippen molar-refractivity contribution in [1.82, 2.24) is 4.90 Å². The van der Waals surface area contributed by atoms with Crippen molar-refractivity contribution in [3.8, 4) is 6.07 Å². The van der Waals surface area contributed by atoms with Crippen molar-refractivity contribution in [2.75, 3.05) is 20.1 Å². The first-order valence-electron chi connectivity index (χ1n) is 4.40. The van der Waals surface area contributed by atoms with Crippen LogP contribution in [-0.2, 0) is 0 Å². The summed E-state index contributed by atoms with van der Waals surface area (Å²) in [6.07, 6.45) is 1.16. The number of nitrogens with two attached hydrogens (primary N) is 1. The van der Waals surface area contributed by atoms with Gasteiger partial charge >= 0.3 is 0 Å². The van der Waals surface area contributed by atoms with Gasteiger partial charge in [-0.3, -0.25) is 0 Å². The molecule has 0 bridgehead atoms. The minimum atomic E-state index is -0.345. The molecule has 0 saturated carbocycles. The lowest BCUT2D eigenvalue weighted by atomic mass is 10.1. The molecule has 2 N–H and O–H groups in total. The van der Waals surface area contributed by atoms with Gasteiger partial charge in [0.2, 0.25) is 0 Å². The van der Waals surface area contributed by atoms with E-state index in [1.807, 2.05) is 13.1 Å². The zero-order valence-corrected chi connectivity index (χ0v) is 8.25. The molecule has 0 aromatic heterocycles. The lowest BCUT2D eigenvalue weighted by molar-refractivity contribution is 0.305. The highest BCUT2D eigenvalue weighted by Crippen LogP contribution is 2.00. The third-order valence-corrected chi connectivity index (χ3v) is 1.76. The second-order valence-corrected chi connectivity index (χ2v) is 3.68. The van der Waals surface area contributed by atoms with Crippen molar-refractivity contribution in [1.29, 1.82) is 5.26 Å². The van der Waals surface area contributed by atoms with Gasteiger partial charge in [-0.05, 0) is 25.9 Å². The molecule has 0 aliphatic heterocycles. The Morgan fingerprint density at radius 2 is 2.08 bits per heavy atom. The molecule has 1 unspecified atom stereocenters. The molecule has 0 rings (SSSR count). The van der Waals surface area contributed by atoms with E-state index >= 15 is 0 Å². The lowest BCUT2D eigenvalue weighted by Gasteiger charge is -2.18. The molecule has 0 aliphatic rings. The predicted octanol–water partition coefficient (Wildman–Crippen LogP) is 0.815. The van der Waals surface area contributed by atoms with E-state index in [2.05, 4.69) is 18.7 Å². The number of hydrogen-bond donors (Lipinski definition) is 1. The molecule has 3 nitrogen and oxygen atoms in total. The Morgan fingerprint density at radius 3 is 2.50 bits per heavy atom. The summed E-state index contributed by atoms with van der Waals surface area (Å²) < 4.78 is 0. The summed E-state index contributed by atoms with van der Waals surface area (Å²) in [5.41, 5.74) is 5.48. The standard InChI is InChI=1S/C9H19N3/c1-8(2)4-5-12(3)7-9(11)6-10/h8-9H,4-5,7,11H2,1-3H3. The molecule has 0 aromatic carbocycles. The minimum absolute atomic E-state index is 0.345. The molecular formula is C9H19N3. The number of nitrogens with zero attached hydrogens (tertiary/aromatic N) is 2. The van der Waals surface area contributed by atoms with Crippen LogP contribution >= 0.6 is 0 Å². The second kappa shape index (κ2) is 5.99. The fourth-order valence-electron chi connectivity index (χ4n) is 0.946. The maximum Gasteiger partial charge on any atom is 0.106 e. The third kappa shape index (κ3) is 6.14. The molecular weight excluding hydrogens is 150 g/mol. The van der Waals surface area contributed by atoms with Crippen molar-refractivity contribution in [2.45, 2.75) is 26.3 Å². The molecule has 12 heavy (non-hydrogen) atoms. The molecule has 1 atom stereocenters. The summed E-state index contributed by atoms with van der Waals surface area (Å²) in [7, 11) is 2.00. The summed E-state index contributed by atoms with van der Waals surface area (Å²) in [4.78, 5) is 2.11. The smallest absolute Gasteiger partial charge is 0.106 e. The van der Waals surface area contributed by atoms with Crippen LogP contribution in [0.15, 0.2) is 0 Å². The van der Waals surface area contributed by atoms with Crippen LogP contribution in [0.3, 0.4) is 0 Å². The van der Waals surface area contributed by atoms with E-state index in [4.69, 9.17) is 11.0 Å². The molecule has 0 aliphatic carbocycles. The fourth-order valence-corrected chi connectivity index (χ4v) is 0.946. The van der Waals surface area contributed by atoms with E-state index in [0.29, 0.717) is 12.5 Å². The first-order valence-corrected chi connectivity index (χ1v) is 4.40. The van der Waals surface area contributed by atoms with Crippen LogP contribution in [0.25, 0.3) is 0 Å². The van der Waals surface area contributed by atoms with Gasteiger partial charge in [0.15, 0.2) is 0 Å². The molecule has 0 saturated heterocycles. The highest BCUT2D eigenvalue weighted by Gasteiger charge is 2.05. The Labute approximate surface area is 75.2 Å². The summed E-state index contributed by atoms with van der Waals surface area (Å²) in [5.74, 6) is 0.714. The lowest BCUT2D eigenvalue weighted by Crippen LogP contribution is -2.34. The van der Waals surface area contributed by atoms with Crippen LogP contribution in [0, 0.1) is 17.2 Å². The average Bonchev–Trinajstić information content (AvgIpc) is 2.00. The van der Waals surface area contributed by atoms with Crippen LogP contribution in [0.1, 0.15) is 20.3 Å². The molecule has 0 radical (unpaired) electrons. The van der Waals surface area contributed by atoms with Gasteiger partial charge < -0.3 is 10.6 Å². The first-order chi connectivity index (χ1) is 5.56. The van der Waals surface area contributed by atoms with Crippen LogP contribution in [0.4, 0.5) is 0 Å². The highest BCUT2D eigenvalue weighted by molar-refractivity contribution is 4.88. The van der Waals surface area contributed by atoms with Gasteiger partial charge in [0.1, 0.15) is 6.04 Å². The number of likely N-dealkylation sites (N-methyl/N-ethyl adjacent to an activating group) is 1. The van der Waals surface area contributed by atoms with Gasteiger partial charge in [-0.25, -0.2) is 0 Å². The van der Waals surface area contributed by atoms with Crippen molar-refractivity contribution in [3.05, 3.63) is 0 Å². The molecule has 0 fully saturated rings. The topological polar surface area (TPSA) is 53.0 Å². The van der Waals surface area contributed by atoms with Gasteiger partial charge in [0, 0.05) is 6.54 Å². The predicted molar refractivity (Wildman–Crippen MR) is 50.5 cm³/mol. The van der Waals surface area contributed by atoms with E-state index in [1.165, 1.54) is 0 Å². The van der Waals surface area contributed by atoms with Crippen molar-refractivity contribution in [2.24, 2.45) is 11.7 Å². The zero-order valence-electron chi connectivity index (χ0n) is 8.25. The van der Waals surface area contributed by atoms with Gasteiger partial charge in [-0.15, -0.1) is 0 Å². The second-order valence-electron chi connectivity index (χ2n) is 3.68. The maximum atomic E-state index is 8.46. The average molecular weight is 169 g/mol. The fraction of sp³-hybridized carbons (Fsp3) is 0.889. The Balaban J connectivity index is 3.47. The van der Waals surface area contributed by atoms with E-state index in [1.54, 1.807) is 0 Å². The van der Waals surface area contributed by atoms with E-state index in [9.17, 15) is 0 Å². The van der Waals surface area contributed by atoms with Crippen molar-refractivity contribution < 1.29 is 0 Å². The van der Waals surface area contributed by atoms with Crippen LogP contribution in [-0.4, -0.2) is 31.1 Å². The van der Waals surface area contributed by atoms with E-state index in [-0.39, 0.29) is 6.04 Å². The summed E-state index contributed by atoms with van der Waals surface area (Å²) in [6, 6.07) is 1.67. The summed E-state index contributed by atoms with van der Waals surface area (Å²) in [5, 5.41) is 8.46. The number of nitriles is 1. The maximum absolute atomic E-state index is 8.46. The normalized spacial score (nSPS) is 13.4. The Bertz CT molecular complexity index is 148. The third-order valence-electron chi connectivity index (χ3n) is 1.76. The minimum Gasteiger partial charge on any atom is -0.315 e. The van der Waals surface area contributed by atoms with Crippen molar-refractivity contribution in [3.63, 3.8) is 0 Å². The SMILES string of the molecule is CC(C)CCN(C)CC(N)C#N. The van der Waals surface area contributed by atoms with Gasteiger partial charge in [0.25, 0.3) is 0 Å². The van der Waals surface area contributed by atoms with Gasteiger partial charge in [-0.2, -0.15) is 5.26 Å². The summed E-state index contributed by atoms with van der Waals surface area (Å²) in [6.45, 7) is 6.08. The Morgan fingerprint density at radius 1 is 1.50 bits per heavy atom. The molecule has 0 amide bonds. The Hall–Kier alpha value is -0.590. The molecule has 0 aromatic rings. The monoisotopic (exact) mass is 169 g/mol. The quantitative estimate of drug-likeness (QED) is 0.662. The number of hydrogen-bond acceptors (Lipinski definition) is 3. The summed E-state index contributed by atoms with van der Waals surface area (Å²) >= 11 is 0. The van der Waals surface area contributed by atoms with Gasteiger partial charge in [0.05, 0.1) is 6.07 Å². The van der Waals surface area contributed by atoms with Gasteiger partial charge in [-0.1, -0.05) is 13.8 Å². The highest BCUT2D eigenvalue weighted by atomic mass is 15.1. The Kier molecular flexibility index (Phi) is 5.69. The largest absolute Gasteiger partial charge is 0.315 e. The molecule has 0 heterocycles. The number of rotatable bonds is 5. The van der Waals surface area contributed by atoms with Crippen LogP contribution in [0.5, 0.6) is 0 Å². The first kappa shape index (κ1) is 11.4. The molecule has 3 heteroatoms. The van der Waals surface area contributed by atoms with Crippen LogP contribution in [0.2, 0.25) is 0 Å². The van der Waals surface area contributed by atoms with Crippen molar-refractivity contribution >= 4 is 0 Å². The zero-order chi connectivity index (χ0) is 9.56.